The van der Waals surface area contributed by atoms with Crippen molar-refractivity contribution in [1.82, 2.24) is 19.4 Å². The van der Waals surface area contributed by atoms with Crippen LogP contribution in [0.4, 0.5) is 5.82 Å². The van der Waals surface area contributed by atoms with Crippen molar-refractivity contribution in [2.75, 3.05) is 32.1 Å². The number of aliphatic hydroxyl groups is 1. The Balaban J connectivity index is 2.21. The predicted molar refractivity (Wildman–Crippen MR) is 124 cm³/mol. The zero-order valence-electron chi connectivity index (χ0n) is 17.7. The van der Waals surface area contributed by atoms with E-state index in [1.54, 1.807) is 41.9 Å². The van der Waals surface area contributed by atoms with Gasteiger partial charge in [-0.25, -0.2) is 4.98 Å². The van der Waals surface area contributed by atoms with Gasteiger partial charge in [0.15, 0.2) is 11.5 Å². The van der Waals surface area contributed by atoms with Crippen molar-refractivity contribution < 1.29 is 14.7 Å². The highest BCUT2D eigenvalue weighted by atomic mass is 35.5. The number of carbonyl (C=O) groups is 2. The molecule has 0 radical (unpaired) electrons. The molecule has 8 nitrogen and oxygen atoms in total. The topological polar surface area (TPSA) is 91.6 Å². The largest absolute Gasteiger partial charge is 0.396 e. The first-order valence-corrected chi connectivity index (χ1v) is 10.6. The van der Waals surface area contributed by atoms with Crippen LogP contribution in [0, 0.1) is 0 Å². The minimum Gasteiger partial charge on any atom is -0.396 e. The molecule has 0 unspecified atom stereocenters. The van der Waals surface area contributed by atoms with E-state index >= 15 is 0 Å². The number of imidazole rings is 1. The van der Waals surface area contributed by atoms with Crippen molar-refractivity contribution in [3.63, 3.8) is 0 Å². The third-order valence-corrected chi connectivity index (χ3v) is 5.29. The number of halogens is 2. The van der Waals surface area contributed by atoms with Crippen molar-refractivity contribution in [1.29, 1.82) is 0 Å². The molecule has 10 heteroatoms. The lowest BCUT2D eigenvalue weighted by Gasteiger charge is -2.20. The molecule has 0 aliphatic heterocycles. The number of anilines is 1. The van der Waals surface area contributed by atoms with Crippen molar-refractivity contribution in [3.8, 4) is 11.4 Å². The van der Waals surface area contributed by atoms with Gasteiger partial charge in [0.05, 0.1) is 17.3 Å². The molecule has 1 N–H and O–H groups in total. The molecule has 2 aromatic heterocycles. The van der Waals surface area contributed by atoms with E-state index in [1.165, 1.54) is 23.0 Å². The molecule has 168 valence electrons. The zero-order chi connectivity index (χ0) is 23.3. The highest BCUT2D eigenvalue weighted by Gasteiger charge is 2.28. The molecule has 0 saturated heterocycles. The van der Waals surface area contributed by atoms with Crippen LogP contribution in [-0.2, 0) is 11.3 Å². The summed E-state index contributed by atoms with van der Waals surface area (Å²) in [5.74, 6) is 0.341. The minimum absolute atomic E-state index is 0.0412. The summed E-state index contributed by atoms with van der Waals surface area (Å²) >= 11 is 12.2. The summed E-state index contributed by atoms with van der Waals surface area (Å²) in [6.45, 7) is 0.518. The van der Waals surface area contributed by atoms with E-state index in [1.807, 2.05) is 6.07 Å². The van der Waals surface area contributed by atoms with E-state index in [9.17, 15) is 9.59 Å². The molecular formula is C22H23Cl2N5O3. The van der Waals surface area contributed by atoms with Gasteiger partial charge in [0.25, 0.3) is 5.91 Å². The first-order chi connectivity index (χ1) is 15.3. The fraction of sp³-hybridized carbons (Fsp3) is 0.273. The number of hydrogen-bond acceptors (Lipinski definition) is 5. The summed E-state index contributed by atoms with van der Waals surface area (Å²) in [5, 5.41) is 10.2. The number of hydrogen-bond donors (Lipinski definition) is 1. The number of benzene rings is 1. The number of amides is 2. The van der Waals surface area contributed by atoms with E-state index in [0.29, 0.717) is 46.5 Å². The smallest absolute Gasteiger partial charge is 0.274 e. The Morgan fingerprint density at radius 3 is 2.59 bits per heavy atom. The van der Waals surface area contributed by atoms with E-state index in [4.69, 9.17) is 28.3 Å². The van der Waals surface area contributed by atoms with Gasteiger partial charge in [0.1, 0.15) is 5.82 Å². The summed E-state index contributed by atoms with van der Waals surface area (Å²) < 4.78 is 1.72. The lowest BCUT2D eigenvalue weighted by Crippen LogP contribution is -2.32. The van der Waals surface area contributed by atoms with E-state index in [0.717, 1.165) is 0 Å². The SMILES string of the molecule is CN(CCCO)C(=O)c1c(N(C)C=O)nc(-c2cccc(Cl)c2)n1Cc1ccc(Cl)cn1. The van der Waals surface area contributed by atoms with Crippen LogP contribution < -0.4 is 4.90 Å². The lowest BCUT2D eigenvalue weighted by atomic mass is 10.2. The normalized spacial score (nSPS) is 10.8. The summed E-state index contributed by atoms with van der Waals surface area (Å²) in [6.07, 6.45) is 2.55. The number of carbonyl (C=O) groups excluding carboxylic acids is 2. The molecule has 3 rings (SSSR count). The van der Waals surface area contributed by atoms with Crippen molar-refractivity contribution in [2.45, 2.75) is 13.0 Å². The van der Waals surface area contributed by atoms with Crippen LogP contribution in [0.3, 0.4) is 0 Å². The second-order valence-corrected chi connectivity index (χ2v) is 8.06. The first-order valence-electron chi connectivity index (χ1n) is 9.87. The average Bonchev–Trinajstić information content (AvgIpc) is 3.16. The van der Waals surface area contributed by atoms with E-state index < -0.39 is 0 Å². The van der Waals surface area contributed by atoms with Gasteiger partial charge in [-0.3, -0.25) is 14.6 Å². The maximum absolute atomic E-state index is 13.4. The summed E-state index contributed by atoms with van der Waals surface area (Å²) in [4.78, 5) is 36.8. The maximum atomic E-state index is 13.4. The van der Waals surface area contributed by atoms with Gasteiger partial charge < -0.3 is 19.5 Å². The van der Waals surface area contributed by atoms with Crippen LogP contribution in [0.5, 0.6) is 0 Å². The molecule has 0 aliphatic rings. The number of pyridine rings is 1. The molecule has 1 aromatic carbocycles. The number of aliphatic hydroxyl groups excluding tert-OH is 1. The molecule has 0 fully saturated rings. The first kappa shape index (κ1) is 23.7. The van der Waals surface area contributed by atoms with E-state index in [2.05, 4.69) is 9.97 Å². The van der Waals surface area contributed by atoms with Gasteiger partial charge in [0.2, 0.25) is 6.41 Å². The Hall–Kier alpha value is -2.94. The molecule has 32 heavy (non-hydrogen) atoms. The van der Waals surface area contributed by atoms with Crippen molar-refractivity contribution >= 4 is 41.3 Å². The number of nitrogens with zero attached hydrogens (tertiary/aromatic N) is 5. The monoisotopic (exact) mass is 475 g/mol. The van der Waals surface area contributed by atoms with Crippen LogP contribution in [0.25, 0.3) is 11.4 Å². The quantitative estimate of drug-likeness (QED) is 0.479. The van der Waals surface area contributed by atoms with E-state index in [-0.39, 0.29) is 30.6 Å². The molecule has 0 saturated carbocycles. The van der Waals surface area contributed by atoms with Crippen LogP contribution >= 0.6 is 23.2 Å². The summed E-state index contributed by atoms with van der Waals surface area (Å²) in [6, 6.07) is 10.6. The highest BCUT2D eigenvalue weighted by Crippen LogP contribution is 2.30. The van der Waals surface area contributed by atoms with Crippen molar-refractivity contribution in [3.05, 3.63) is 64.0 Å². The van der Waals surface area contributed by atoms with Crippen LogP contribution in [0.15, 0.2) is 42.6 Å². The molecule has 2 amide bonds. The highest BCUT2D eigenvalue weighted by molar-refractivity contribution is 6.31. The molecular weight excluding hydrogens is 453 g/mol. The van der Waals surface area contributed by atoms with Gasteiger partial charge in [-0.05, 0) is 30.7 Å². The van der Waals surface area contributed by atoms with Gasteiger partial charge in [-0.1, -0.05) is 35.3 Å². The van der Waals surface area contributed by atoms with Crippen LogP contribution in [0.2, 0.25) is 10.0 Å². The van der Waals surface area contributed by atoms with Gasteiger partial charge in [0, 0.05) is 44.0 Å². The average molecular weight is 476 g/mol. The summed E-state index contributed by atoms with van der Waals surface area (Å²) in [7, 11) is 3.17. The van der Waals surface area contributed by atoms with Crippen molar-refractivity contribution in [2.24, 2.45) is 0 Å². The van der Waals surface area contributed by atoms with Crippen LogP contribution in [-0.4, -0.2) is 64.1 Å². The maximum Gasteiger partial charge on any atom is 0.274 e. The van der Waals surface area contributed by atoms with Gasteiger partial charge in [-0.2, -0.15) is 0 Å². The Labute approximate surface area is 196 Å². The Morgan fingerprint density at radius 2 is 1.97 bits per heavy atom. The van der Waals surface area contributed by atoms with Crippen LogP contribution in [0.1, 0.15) is 22.6 Å². The fourth-order valence-corrected chi connectivity index (χ4v) is 3.50. The Morgan fingerprint density at radius 1 is 1.19 bits per heavy atom. The summed E-state index contributed by atoms with van der Waals surface area (Å²) in [5.41, 5.74) is 1.57. The molecule has 0 spiro atoms. The van der Waals surface area contributed by atoms with Gasteiger partial charge >= 0.3 is 0 Å². The predicted octanol–water partition coefficient (Wildman–Crippen LogP) is 3.35. The molecule has 0 atom stereocenters. The zero-order valence-corrected chi connectivity index (χ0v) is 19.2. The third-order valence-electron chi connectivity index (χ3n) is 4.83. The standard InChI is InChI=1S/C22H23Cl2N5O3/c1-27(9-4-10-30)22(32)19-21(28(2)14-31)26-20(15-5-3-6-16(23)11-15)29(19)13-18-8-7-17(24)12-25-18/h3,5-8,11-12,14,30H,4,9-10,13H2,1-2H3. The lowest BCUT2D eigenvalue weighted by molar-refractivity contribution is -0.107. The molecule has 2 heterocycles. The second kappa shape index (κ2) is 10.6. The molecule has 3 aromatic rings. The molecule has 0 bridgehead atoms. The van der Waals surface area contributed by atoms with Gasteiger partial charge in [-0.15, -0.1) is 0 Å². The second-order valence-electron chi connectivity index (χ2n) is 7.19. The molecule has 0 aliphatic carbocycles. The Bertz CT molecular complexity index is 1100. The third kappa shape index (κ3) is 5.27. The minimum atomic E-state index is -0.336. The number of rotatable bonds is 9. The Kier molecular flexibility index (Phi) is 7.84. The fourth-order valence-electron chi connectivity index (χ4n) is 3.20. The number of aromatic nitrogens is 3.